The number of nitrogens with zero attached hydrogens (tertiary/aromatic N) is 1. The second-order valence-corrected chi connectivity index (χ2v) is 7.83. The van der Waals surface area contributed by atoms with Crippen molar-refractivity contribution in [3.63, 3.8) is 0 Å². The Labute approximate surface area is 164 Å². The SMILES string of the molecule is C[n+]1ccc(OCc2ccccc2)cc1-c1cccs1.O=S(=O)([O-])C(F)(F)F. The fraction of sp³-hybridized carbons (Fsp3) is 0.167. The summed E-state index contributed by atoms with van der Waals surface area (Å²) in [5.41, 5.74) is -3.29. The molecule has 0 unspecified atom stereocenters. The summed E-state index contributed by atoms with van der Waals surface area (Å²) in [6.45, 7) is 0.596. The first-order valence-electron chi connectivity index (χ1n) is 7.80. The molecule has 0 N–H and O–H groups in total. The van der Waals surface area contributed by atoms with E-state index in [0.29, 0.717) is 6.61 Å². The summed E-state index contributed by atoms with van der Waals surface area (Å²) in [4.78, 5) is 1.25. The second-order valence-electron chi connectivity index (χ2n) is 5.51. The van der Waals surface area contributed by atoms with Gasteiger partial charge in [-0.25, -0.2) is 13.0 Å². The van der Waals surface area contributed by atoms with Gasteiger partial charge in [0.1, 0.15) is 19.4 Å². The van der Waals surface area contributed by atoms with Crippen LogP contribution in [0.25, 0.3) is 10.6 Å². The molecule has 2 heterocycles. The molecule has 2 aromatic heterocycles. The number of hydrogen-bond donors (Lipinski definition) is 0. The molecular formula is C18H16F3NO4S2. The Bertz CT molecular complexity index is 989. The minimum absolute atomic E-state index is 0.596. The lowest BCUT2D eigenvalue weighted by Crippen LogP contribution is -2.29. The molecule has 0 fully saturated rings. The van der Waals surface area contributed by atoms with Gasteiger partial charge in [-0.15, -0.1) is 11.3 Å². The molecule has 5 nitrogen and oxygen atoms in total. The van der Waals surface area contributed by atoms with Crippen molar-refractivity contribution in [2.24, 2.45) is 7.05 Å². The molecule has 0 saturated carbocycles. The smallest absolute Gasteiger partial charge is 0.485 e. The van der Waals surface area contributed by atoms with Crippen LogP contribution in [-0.4, -0.2) is 18.5 Å². The number of halogens is 3. The Morgan fingerprint density at radius 3 is 2.29 bits per heavy atom. The molecule has 0 bridgehead atoms. The molecule has 0 aliphatic carbocycles. The normalized spacial score (nSPS) is 11.5. The monoisotopic (exact) mass is 431 g/mol. The lowest BCUT2D eigenvalue weighted by Gasteiger charge is -2.08. The van der Waals surface area contributed by atoms with Gasteiger partial charge in [0.05, 0.1) is 10.9 Å². The maximum Gasteiger partial charge on any atom is 0.485 e. The first-order chi connectivity index (χ1) is 13.1. The Kier molecular flexibility index (Phi) is 7.17. The number of pyridine rings is 1. The number of alkyl halides is 3. The van der Waals surface area contributed by atoms with Crippen molar-refractivity contribution in [3.05, 3.63) is 71.7 Å². The van der Waals surface area contributed by atoms with Crippen molar-refractivity contribution >= 4 is 21.5 Å². The van der Waals surface area contributed by atoms with Gasteiger partial charge in [0.15, 0.2) is 16.3 Å². The lowest BCUT2D eigenvalue weighted by molar-refractivity contribution is -0.660. The van der Waals surface area contributed by atoms with Gasteiger partial charge in [0.2, 0.25) is 5.69 Å². The van der Waals surface area contributed by atoms with Crippen molar-refractivity contribution in [2.45, 2.75) is 12.1 Å². The fourth-order valence-electron chi connectivity index (χ4n) is 2.05. The summed E-state index contributed by atoms with van der Waals surface area (Å²) in [7, 11) is -4.04. The van der Waals surface area contributed by atoms with Crippen LogP contribution in [0.5, 0.6) is 5.75 Å². The summed E-state index contributed by atoms with van der Waals surface area (Å²) >= 11 is 1.74. The number of thiophene rings is 1. The molecule has 3 rings (SSSR count). The molecule has 0 atom stereocenters. The molecule has 0 saturated heterocycles. The predicted molar refractivity (Wildman–Crippen MR) is 97.5 cm³/mol. The van der Waals surface area contributed by atoms with Gasteiger partial charge in [-0.3, -0.25) is 0 Å². The minimum atomic E-state index is -6.09. The van der Waals surface area contributed by atoms with E-state index in [4.69, 9.17) is 17.7 Å². The molecule has 0 amide bonds. The van der Waals surface area contributed by atoms with E-state index in [-0.39, 0.29) is 0 Å². The van der Waals surface area contributed by atoms with E-state index < -0.39 is 15.6 Å². The van der Waals surface area contributed by atoms with Crippen LogP contribution in [0.3, 0.4) is 0 Å². The van der Waals surface area contributed by atoms with Crippen LogP contribution >= 0.6 is 11.3 Å². The quantitative estimate of drug-likeness (QED) is 0.357. The van der Waals surface area contributed by atoms with Crippen LogP contribution in [-0.2, 0) is 23.8 Å². The van der Waals surface area contributed by atoms with Crippen LogP contribution in [0.15, 0.2) is 66.2 Å². The summed E-state index contributed by atoms with van der Waals surface area (Å²) in [5.74, 6) is 0.898. The highest BCUT2D eigenvalue weighted by Gasteiger charge is 2.36. The zero-order chi connectivity index (χ0) is 20.8. The Morgan fingerprint density at radius 2 is 1.75 bits per heavy atom. The van der Waals surface area contributed by atoms with Crippen LogP contribution < -0.4 is 9.30 Å². The molecule has 3 aromatic rings. The predicted octanol–water partition coefficient (Wildman–Crippen LogP) is 3.87. The van der Waals surface area contributed by atoms with Crippen LogP contribution in [0.1, 0.15) is 5.56 Å². The van der Waals surface area contributed by atoms with E-state index in [2.05, 4.69) is 47.3 Å². The van der Waals surface area contributed by atoms with E-state index in [1.165, 1.54) is 16.1 Å². The maximum absolute atomic E-state index is 10.7. The topological polar surface area (TPSA) is 70.3 Å². The summed E-state index contributed by atoms with van der Waals surface area (Å²) < 4.78 is 66.9. The van der Waals surface area contributed by atoms with E-state index in [0.717, 1.165) is 5.75 Å². The van der Waals surface area contributed by atoms with E-state index >= 15 is 0 Å². The number of benzene rings is 1. The maximum atomic E-state index is 10.7. The molecule has 0 radical (unpaired) electrons. The highest BCUT2D eigenvalue weighted by atomic mass is 32.2. The fourth-order valence-corrected chi connectivity index (χ4v) is 2.83. The van der Waals surface area contributed by atoms with Gasteiger partial charge in [-0.05, 0) is 17.0 Å². The number of ether oxygens (including phenoxy) is 1. The summed E-state index contributed by atoms with van der Waals surface area (Å²) in [6.07, 6.45) is 2.04. The molecular weight excluding hydrogens is 415 g/mol. The summed E-state index contributed by atoms with van der Waals surface area (Å²) in [6, 6.07) is 18.5. The Hall–Kier alpha value is -2.43. The molecule has 1 aromatic carbocycles. The van der Waals surface area contributed by atoms with Gasteiger partial charge in [-0.2, -0.15) is 13.2 Å². The highest BCUT2D eigenvalue weighted by Crippen LogP contribution is 2.24. The molecule has 150 valence electrons. The summed E-state index contributed by atoms with van der Waals surface area (Å²) in [5, 5.41) is 2.09. The standard InChI is InChI=1S/C17H16NOS.CHF3O3S/c1-18-10-9-15(12-16(18)17-8-5-11-20-17)19-13-14-6-3-2-4-7-14;2-1(3,4)8(5,6)7/h2-12H,13H2,1H3;(H,5,6,7)/q+1;/p-1. The highest BCUT2D eigenvalue weighted by molar-refractivity contribution is 7.86. The number of hydrogen-bond acceptors (Lipinski definition) is 5. The molecule has 0 spiro atoms. The zero-order valence-electron chi connectivity index (χ0n) is 14.6. The average Bonchev–Trinajstić information content (AvgIpc) is 3.15. The van der Waals surface area contributed by atoms with Gasteiger partial charge in [0.25, 0.3) is 0 Å². The lowest BCUT2D eigenvalue weighted by atomic mass is 10.2. The molecule has 10 heteroatoms. The van der Waals surface area contributed by atoms with Crippen molar-refractivity contribution in [3.8, 4) is 16.3 Å². The van der Waals surface area contributed by atoms with E-state index in [1.54, 1.807) is 11.3 Å². The van der Waals surface area contributed by atoms with E-state index in [1.807, 2.05) is 30.5 Å². The molecule has 28 heavy (non-hydrogen) atoms. The first-order valence-corrected chi connectivity index (χ1v) is 10.1. The van der Waals surface area contributed by atoms with Crippen molar-refractivity contribution in [2.75, 3.05) is 0 Å². The van der Waals surface area contributed by atoms with Gasteiger partial charge in [-0.1, -0.05) is 36.4 Å². The zero-order valence-corrected chi connectivity index (χ0v) is 16.2. The Morgan fingerprint density at radius 1 is 1.11 bits per heavy atom. The Balaban J connectivity index is 0.000000300. The number of aromatic nitrogens is 1. The largest absolute Gasteiger partial charge is 0.741 e. The molecule has 0 aliphatic heterocycles. The van der Waals surface area contributed by atoms with Gasteiger partial charge >= 0.3 is 5.51 Å². The third-order valence-electron chi connectivity index (χ3n) is 3.43. The third-order valence-corrected chi connectivity index (χ3v) is 4.89. The minimum Gasteiger partial charge on any atom is -0.741 e. The van der Waals surface area contributed by atoms with Gasteiger partial charge < -0.3 is 9.29 Å². The average molecular weight is 431 g/mol. The van der Waals surface area contributed by atoms with Crippen molar-refractivity contribution in [1.82, 2.24) is 0 Å². The van der Waals surface area contributed by atoms with Crippen molar-refractivity contribution < 1.29 is 35.4 Å². The number of aryl methyl sites for hydroxylation is 1. The van der Waals surface area contributed by atoms with Gasteiger partial charge in [0, 0.05) is 6.07 Å². The van der Waals surface area contributed by atoms with Crippen molar-refractivity contribution in [1.29, 1.82) is 0 Å². The number of rotatable bonds is 4. The van der Waals surface area contributed by atoms with Crippen LogP contribution in [0, 0.1) is 0 Å². The second kappa shape index (κ2) is 9.18. The van der Waals surface area contributed by atoms with Crippen LogP contribution in [0.4, 0.5) is 13.2 Å². The van der Waals surface area contributed by atoms with Crippen LogP contribution in [0.2, 0.25) is 0 Å². The van der Waals surface area contributed by atoms with E-state index in [9.17, 15) is 13.2 Å². The first kappa shape index (κ1) is 21.9. The molecule has 0 aliphatic rings. The third kappa shape index (κ3) is 6.32.